The lowest BCUT2D eigenvalue weighted by molar-refractivity contribution is 0.100. The summed E-state index contributed by atoms with van der Waals surface area (Å²) in [5, 5.41) is 0.187. The summed E-state index contributed by atoms with van der Waals surface area (Å²) in [7, 11) is -2.05. The van der Waals surface area contributed by atoms with Gasteiger partial charge in [0.1, 0.15) is 4.88 Å². The molecule has 0 bridgehead atoms. The summed E-state index contributed by atoms with van der Waals surface area (Å²) in [6, 6.07) is 4.49. The van der Waals surface area contributed by atoms with Crippen molar-refractivity contribution in [2.75, 3.05) is 17.6 Å². The third-order valence-corrected chi connectivity index (χ3v) is 5.06. The van der Waals surface area contributed by atoms with E-state index in [2.05, 4.69) is 0 Å². The number of carbonyl (C=O) groups is 1. The summed E-state index contributed by atoms with van der Waals surface area (Å²) >= 11 is 0.942. The first kappa shape index (κ1) is 13.8. The number of thiophene rings is 1. The molecule has 1 aromatic heterocycles. The van der Waals surface area contributed by atoms with Crippen LogP contribution in [0, 0.1) is 5.82 Å². The van der Waals surface area contributed by atoms with Crippen molar-refractivity contribution in [1.82, 2.24) is 0 Å². The highest BCUT2D eigenvalue weighted by atomic mass is 32.2. The number of nitrogens with two attached hydrogens (primary N) is 1. The summed E-state index contributed by atoms with van der Waals surface area (Å²) in [5.74, 6) is -1.55. The van der Waals surface area contributed by atoms with Crippen molar-refractivity contribution < 1.29 is 17.6 Å². The highest BCUT2D eigenvalue weighted by Crippen LogP contribution is 2.32. The van der Waals surface area contributed by atoms with Crippen LogP contribution in [0.25, 0.3) is 10.1 Å². The molecule has 0 aliphatic carbocycles. The molecule has 2 aromatic rings. The van der Waals surface area contributed by atoms with Gasteiger partial charge < -0.3 is 5.73 Å². The minimum atomic E-state index is -3.42. The van der Waals surface area contributed by atoms with Crippen molar-refractivity contribution in [3.8, 4) is 0 Å². The zero-order valence-corrected chi connectivity index (χ0v) is 11.8. The molecule has 19 heavy (non-hydrogen) atoms. The van der Waals surface area contributed by atoms with Gasteiger partial charge in [-0.3, -0.25) is 9.10 Å². The van der Waals surface area contributed by atoms with E-state index >= 15 is 0 Å². The first-order valence-electron chi connectivity index (χ1n) is 5.17. The van der Waals surface area contributed by atoms with Crippen molar-refractivity contribution in [1.29, 1.82) is 0 Å². The molecule has 2 N–H and O–H groups in total. The number of hydrogen-bond acceptors (Lipinski definition) is 4. The van der Waals surface area contributed by atoms with E-state index in [0.717, 1.165) is 21.9 Å². The molecule has 102 valence electrons. The molecule has 2 rings (SSSR count). The van der Waals surface area contributed by atoms with Crippen molar-refractivity contribution in [2.45, 2.75) is 0 Å². The van der Waals surface area contributed by atoms with Gasteiger partial charge in [-0.25, -0.2) is 12.8 Å². The monoisotopic (exact) mass is 302 g/mol. The lowest BCUT2D eigenvalue weighted by atomic mass is 10.2. The Morgan fingerprint density at radius 1 is 1.42 bits per heavy atom. The SMILES string of the molecule is CN(c1ccc2sc(C(N)=O)c(F)c2c1)S(C)(=O)=O. The molecule has 0 aliphatic rings. The second-order valence-corrected chi connectivity index (χ2v) is 7.09. The average Bonchev–Trinajstić information content (AvgIpc) is 2.64. The van der Waals surface area contributed by atoms with E-state index in [4.69, 9.17) is 5.73 Å². The van der Waals surface area contributed by atoms with Gasteiger partial charge in [0.25, 0.3) is 5.91 Å². The van der Waals surface area contributed by atoms with Gasteiger partial charge >= 0.3 is 0 Å². The largest absolute Gasteiger partial charge is 0.365 e. The molecular formula is C11H11FN2O3S2. The molecule has 1 amide bonds. The van der Waals surface area contributed by atoms with Crippen molar-refractivity contribution in [3.63, 3.8) is 0 Å². The maximum Gasteiger partial charge on any atom is 0.261 e. The Hall–Kier alpha value is -1.67. The number of rotatable bonds is 3. The number of benzene rings is 1. The van der Waals surface area contributed by atoms with Gasteiger partial charge in [-0.05, 0) is 18.2 Å². The van der Waals surface area contributed by atoms with Gasteiger partial charge in [0, 0.05) is 17.1 Å². The second-order valence-electron chi connectivity index (χ2n) is 4.02. The topological polar surface area (TPSA) is 80.5 Å². The lowest BCUT2D eigenvalue weighted by Gasteiger charge is -2.16. The number of primary amides is 1. The Bertz CT molecular complexity index is 768. The van der Waals surface area contributed by atoms with Gasteiger partial charge in [-0.2, -0.15) is 0 Å². The van der Waals surface area contributed by atoms with E-state index in [0.29, 0.717) is 10.4 Å². The molecule has 0 saturated carbocycles. The van der Waals surface area contributed by atoms with Gasteiger partial charge in [0.2, 0.25) is 10.0 Å². The third kappa shape index (κ3) is 2.41. The number of anilines is 1. The summed E-state index contributed by atoms with van der Waals surface area (Å²) in [6.07, 6.45) is 1.05. The minimum absolute atomic E-state index is 0.158. The Morgan fingerprint density at radius 2 is 2.05 bits per heavy atom. The highest BCUT2D eigenvalue weighted by Gasteiger charge is 2.18. The van der Waals surface area contributed by atoms with Gasteiger partial charge in [0.15, 0.2) is 5.82 Å². The quantitative estimate of drug-likeness (QED) is 0.933. The normalized spacial score (nSPS) is 11.7. The van der Waals surface area contributed by atoms with E-state index in [9.17, 15) is 17.6 Å². The van der Waals surface area contributed by atoms with Crippen LogP contribution in [0.2, 0.25) is 0 Å². The van der Waals surface area contributed by atoms with Gasteiger partial charge in [-0.15, -0.1) is 11.3 Å². The van der Waals surface area contributed by atoms with Gasteiger partial charge in [0.05, 0.1) is 11.9 Å². The highest BCUT2D eigenvalue weighted by molar-refractivity contribution is 7.92. The Morgan fingerprint density at radius 3 is 2.58 bits per heavy atom. The lowest BCUT2D eigenvalue weighted by Crippen LogP contribution is -2.24. The van der Waals surface area contributed by atoms with Crippen molar-refractivity contribution in [2.24, 2.45) is 5.73 Å². The predicted octanol–water partition coefficient (Wildman–Crippen LogP) is 1.54. The van der Waals surface area contributed by atoms with Crippen LogP contribution in [0.3, 0.4) is 0 Å². The molecule has 1 heterocycles. The Balaban J connectivity index is 2.64. The molecule has 0 radical (unpaired) electrons. The van der Waals surface area contributed by atoms with E-state index in [1.54, 1.807) is 12.1 Å². The smallest absolute Gasteiger partial charge is 0.261 e. The van der Waals surface area contributed by atoms with Crippen LogP contribution in [0.4, 0.5) is 10.1 Å². The van der Waals surface area contributed by atoms with E-state index in [1.807, 2.05) is 0 Å². The minimum Gasteiger partial charge on any atom is -0.365 e. The van der Waals surface area contributed by atoms with Gasteiger partial charge in [-0.1, -0.05) is 0 Å². The number of nitrogens with zero attached hydrogens (tertiary/aromatic N) is 1. The van der Waals surface area contributed by atoms with Crippen molar-refractivity contribution in [3.05, 3.63) is 28.9 Å². The number of hydrogen-bond donors (Lipinski definition) is 1. The molecule has 5 nitrogen and oxygen atoms in total. The average molecular weight is 302 g/mol. The van der Waals surface area contributed by atoms with Crippen LogP contribution in [0.15, 0.2) is 18.2 Å². The molecular weight excluding hydrogens is 291 g/mol. The maximum atomic E-state index is 14.0. The number of fused-ring (bicyclic) bond motifs is 1. The zero-order valence-electron chi connectivity index (χ0n) is 10.2. The van der Waals surface area contributed by atoms with Crippen LogP contribution in [0.1, 0.15) is 9.67 Å². The molecule has 8 heteroatoms. The molecule has 0 aliphatic heterocycles. The summed E-state index contributed by atoms with van der Waals surface area (Å²) in [4.78, 5) is 10.9. The number of amides is 1. The van der Waals surface area contributed by atoms with Crippen LogP contribution in [0.5, 0.6) is 0 Å². The number of halogens is 1. The molecule has 0 atom stereocenters. The van der Waals surface area contributed by atoms with E-state index in [1.165, 1.54) is 13.1 Å². The van der Waals surface area contributed by atoms with Crippen LogP contribution in [-0.2, 0) is 10.0 Å². The van der Waals surface area contributed by atoms with Crippen molar-refractivity contribution >= 4 is 43.0 Å². The number of carbonyl (C=O) groups excluding carboxylic acids is 1. The standard InChI is InChI=1S/C11H11FN2O3S2/c1-14(19(2,16)17)6-3-4-8-7(5-6)9(12)10(18-8)11(13)15/h3-5H,1-2H3,(H2,13,15). The molecule has 0 fully saturated rings. The summed E-state index contributed by atoms with van der Waals surface area (Å²) in [5.41, 5.74) is 5.39. The molecule has 1 aromatic carbocycles. The van der Waals surface area contributed by atoms with Crippen LogP contribution in [-0.4, -0.2) is 27.6 Å². The third-order valence-electron chi connectivity index (χ3n) is 2.70. The Kier molecular flexibility index (Phi) is 3.23. The molecule has 0 spiro atoms. The van der Waals surface area contributed by atoms with E-state index in [-0.39, 0.29) is 10.3 Å². The fourth-order valence-electron chi connectivity index (χ4n) is 1.60. The first-order chi connectivity index (χ1) is 8.71. The zero-order chi connectivity index (χ0) is 14.4. The Labute approximate surface area is 113 Å². The first-order valence-corrected chi connectivity index (χ1v) is 7.84. The fourth-order valence-corrected chi connectivity index (χ4v) is 3.01. The molecule has 0 saturated heterocycles. The summed E-state index contributed by atoms with van der Waals surface area (Å²) in [6.45, 7) is 0. The van der Waals surface area contributed by atoms with E-state index < -0.39 is 21.7 Å². The maximum absolute atomic E-state index is 14.0. The fraction of sp³-hybridized carbons (Fsp3) is 0.182. The summed E-state index contributed by atoms with van der Waals surface area (Å²) < 4.78 is 38.4. The number of sulfonamides is 1. The second kappa shape index (κ2) is 4.46. The van der Waals surface area contributed by atoms with Crippen LogP contribution < -0.4 is 10.0 Å². The van der Waals surface area contributed by atoms with Crippen LogP contribution >= 0.6 is 11.3 Å². The molecule has 0 unspecified atom stereocenters. The predicted molar refractivity (Wildman–Crippen MR) is 73.5 cm³/mol.